The molecule has 1 amide bonds. The number of nitrogens with one attached hydrogen (secondary N) is 1. The summed E-state index contributed by atoms with van der Waals surface area (Å²) in [5.41, 5.74) is 1.75. The Morgan fingerprint density at radius 2 is 1.74 bits per heavy atom. The minimum Gasteiger partial charge on any atom is -0.491 e. The molecule has 5 heteroatoms. The summed E-state index contributed by atoms with van der Waals surface area (Å²) in [6.45, 7) is 2.91. The first kappa shape index (κ1) is 16.8. The van der Waals surface area contributed by atoms with E-state index in [0.29, 0.717) is 30.4 Å². The van der Waals surface area contributed by atoms with Crippen molar-refractivity contribution < 1.29 is 19.0 Å². The van der Waals surface area contributed by atoms with Gasteiger partial charge < -0.3 is 19.5 Å². The first-order chi connectivity index (χ1) is 11.2. The lowest BCUT2D eigenvalue weighted by molar-refractivity contribution is -0.118. The predicted octanol–water partition coefficient (Wildman–Crippen LogP) is 3.04. The molecule has 0 aliphatic carbocycles. The second kappa shape index (κ2) is 8.80. The third-order valence-electron chi connectivity index (χ3n) is 3.03. The number of hydrogen-bond donors (Lipinski definition) is 1. The molecule has 0 bridgehead atoms. The normalized spacial score (nSPS) is 10.2. The molecule has 2 aromatic carbocycles. The average Bonchev–Trinajstić information content (AvgIpc) is 2.54. The molecule has 0 saturated heterocycles. The van der Waals surface area contributed by atoms with E-state index in [2.05, 4.69) is 5.32 Å². The standard InChI is InChI=1S/C18H21NO4/c1-14-5-3-7-16(11-14)23-13-18(20)19-15-6-4-8-17(12-15)22-10-9-21-2/h3-8,11-12H,9-10,13H2,1-2H3,(H,19,20). The van der Waals surface area contributed by atoms with Gasteiger partial charge in [0.15, 0.2) is 6.61 Å². The van der Waals surface area contributed by atoms with E-state index in [4.69, 9.17) is 14.2 Å². The summed E-state index contributed by atoms with van der Waals surface area (Å²) in [4.78, 5) is 11.9. The van der Waals surface area contributed by atoms with Crippen molar-refractivity contribution in [2.24, 2.45) is 0 Å². The molecule has 23 heavy (non-hydrogen) atoms. The van der Waals surface area contributed by atoms with E-state index in [1.807, 2.05) is 43.3 Å². The molecule has 0 aliphatic heterocycles. The maximum absolute atomic E-state index is 11.9. The summed E-state index contributed by atoms with van der Waals surface area (Å²) in [5.74, 6) is 1.14. The monoisotopic (exact) mass is 315 g/mol. The van der Waals surface area contributed by atoms with Gasteiger partial charge in [-0.3, -0.25) is 4.79 Å². The average molecular weight is 315 g/mol. The van der Waals surface area contributed by atoms with Crippen LogP contribution in [0.2, 0.25) is 0 Å². The minimum atomic E-state index is -0.222. The van der Waals surface area contributed by atoms with E-state index in [0.717, 1.165) is 5.56 Å². The van der Waals surface area contributed by atoms with Crippen LogP contribution in [0.25, 0.3) is 0 Å². The van der Waals surface area contributed by atoms with E-state index in [9.17, 15) is 4.79 Å². The van der Waals surface area contributed by atoms with E-state index in [-0.39, 0.29) is 12.5 Å². The van der Waals surface area contributed by atoms with Crippen LogP contribution in [0.4, 0.5) is 5.69 Å². The zero-order chi connectivity index (χ0) is 16.5. The number of aryl methyl sites for hydroxylation is 1. The van der Waals surface area contributed by atoms with Crippen LogP contribution in [0.3, 0.4) is 0 Å². The summed E-state index contributed by atoms with van der Waals surface area (Å²) in [6.07, 6.45) is 0. The number of carbonyl (C=O) groups is 1. The lowest BCUT2D eigenvalue weighted by Gasteiger charge is -2.10. The molecule has 1 N–H and O–H groups in total. The molecule has 122 valence electrons. The molecule has 2 rings (SSSR count). The van der Waals surface area contributed by atoms with Crippen LogP contribution >= 0.6 is 0 Å². The molecular weight excluding hydrogens is 294 g/mol. The van der Waals surface area contributed by atoms with Gasteiger partial charge in [-0.05, 0) is 36.8 Å². The molecule has 0 heterocycles. The molecule has 0 spiro atoms. The van der Waals surface area contributed by atoms with Crippen LogP contribution < -0.4 is 14.8 Å². The highest BCUT2D eigenvalue weighted by Gasteiger charge is 2.05. The third kappa shape index (κ3) is 6.00. The SMILES string of the molecule is COCCOc1cccc(NC(=O)COc2cccc(C)c2)c1. The maximum Gasteiger partial charge on any atom is 0.262 e. The maximum atomic E-state index is 11.9. The number of benzene rings is 2. The van der Waals surface area contributed by atoms with Crippen LogP contribution in [0.1, 0.15) is 5.56 Å². The minimum absolute atomic E-state index is 0.0434. The van der Waals surface area contributed by atoms with Crippen LogP contribution in [0.5, 0.6) is 11.5 Å². The van der Waals surface area contributed by atoms with Gasteiger partial charge in [-0.1, -0.05) is 18.2 Å². The fraction of sp³-hybridized carbons (Fsp3) is 0.278. The second-order valence-electron chi connectivity index (χ2n) is 5.02. The number of methoxy groups -OCH3 is 1. The Bertz CT molecular complexity index is 642. The molecule has 5 nitrogen and oxygen atoms in total. The first-order valence-corrected chi connectivity index (χ1v) is 7.38. The number of ether oxygens (including phenoxy) is 3. The van der Waals surface area contributed by atoms with Gasteiger partial charge in [-0.15, -0.1) is 0 Å². The van der Waals surface area contributed by atoms with Crippen molar-refractivity contribution in [1.29, 1.82) is 0 Å². The predicted molar refractivity (Wildman–Crippen MR) is 89.1 cm³/mol. The number of carbonyl (C=O) groups excluding carboxylic acids is 1. The number of rotatable bonds is 8. The molecule has 2 aromatic rings. The summed E-state index contributed by atoms with van der Waals surface area (Å²) >= 11 is 0. The van der Waals surface area contributed by atoms with Crippen LogP contribution in [0.15, 0.2) is 48.5 Å². The van der Waals surface area contributed by atoms with Crippen molar-refractivity contribution in [3.8, 4) is 11.5 Å². The molecule has 0 saturated carbocycles. The first-order valence-electron chi connectivity index (χ1n) is 7.38. The van der Waals surface area contributed by atoms with Crippen molar-refractivity contribution in [3.63, 3.8) is 0 Å². The highest BCUT2D eigenvalue weighted by Crippen LogP contribution is 2.17. The van der Waals surface area contributed by atoms with Gasteiger partial charge in [0.25, 0.3) is 5.91 Å². The summed E-state index contributed by atoms with van der Waals surface area (Å²) in [7, 11) is 1.62. The smallest absolute Gasteiger partial charge is 0.262 e. The van der Waals surface area contributed by atoms with E-state index >= 15 is 0 Å². The van der Waals surface area contributed by atoms with Gasteiger partial charge in [0.05, 0.1) is 6.61 Å². The van der Waals surface area contributed by atoms with Crippen molar-refractivity contribution in [1.82, 2.24) is 0 Å². The molecule has 0 aromatic heterocycles. The van der Waals surface area contributed by atoms with Crippen molar-refractivity contribution in [2.75, 3.05) is 32.2 Å². The Labute approximate surface area is 136 Å². The second-order valence-corrected chi connectivity index (χ2v) is 5.02. The Kier molecular flexibility index (Phi) is 6.44. The van der Waals surface area contributed by atoms with Gasteiger partial charge in [0, 0.05) is 18.9 Å². The largest absolute Gasteiger partial charge is 0.491 e. The fourth-order valence-corrected chi connectivity index (χ4v) is 1.96. The topological polar surface area (TPSA) is 56.8 Å². The van der Waals surface area contributed by atoms with Gasteiger partial charge >= 0.3 is 0 Å². The fourth-order valence-electron chi connectivity index (χ4n) is 1.96. The zero-order valence-electron chi connectivity index (χ0n) is 13.4. The van der Waals surface area contributed by atoms with Crippen molar-refractivity contribution in [2.45, 2.75) is 6.92 Å². The van der Waals surface area contributed by atoms with Gasteiger partial charge in [-0.25, -0.2) is 0 Å². The van der Waals surface area contributed by atoms with E-state index in [1.54, 1.807) is 19.2 Å². The zero-order valence-corrected chi connectivity index (χ0v) is 13.4. The summed E-state index contributed by atoms with van der Waals surface area (Å²) in [6, 6.07) is 14.8. The van der Waals surface area contributed by atoms with Crippen LogP contribution in [0, 0.1) is 6.92 Å². The number of hydrogen-bond acceptors (Lipinski definition) is 4. The summed E-state index contributed by atoms with van der Waals surface area (Å²) < 4.78 is 15.9. The Balaban J connectivity index is 1.83. The van der Waals surface area contributed by atoms with E-state index in [1.165, 1.54) is 0 Å². The number of anilines is 1. The van der Waals surface area contributed by atoms with Gasteiger partial charge in [0.1, 0.15) is 18.1 Å². The van der Waals surface area contributed by atoms with Crippen molar-refractivity contribution in [3.05, 3.63) is 54.1 Å². The Morgan fingerprint density at radius 1 is 1.00 bits per heavy atom. The lowest BCUT2D eigenvalue weighted by Crippen LogP contribution is -2.20. The molecule has 0 fully saturated rings. The lowest BCUT2D eigenvalue weighted by atomic mass is 10.2. The third-order valence-corrected chi connectivity index (χ3v) is 3.03. The van der Waals surface area contributed by atoms with E-state index < -0.39 is 0 Å². The molecular formula is C18H21NO4. The van der Waals surface area contributed by atoms with Crippen LogP contribution in [-0.4, -0.2) is 32.8 Å². The van der Waals surface area contributed by atoms with Gasteiger partial charge in [0.2, 0.25) is 0 Å². The van der Waals surface area contributed by atoms with Crippen LogP contribution in [-0.2, 0) is 9.53 Å². The summed E-state index contributed by atoms with van der Waals surface area (Å²) in [5, 5.41) is 2.78. The highest BCUT2D eigenvalue weighted by molar-refractivity contribution is 5.92. The molecule has 0 aliphatic rings. The highest BCUT2D eigenvalue weighted by atomic mass is 16.5. The quantitative estimate of drug-likeness (QED) is 0.761. The Hall–Kier alpha value is -2.53. The molecule has 0 radical (unpaired) electrons. The number of amides is 1. The molecule has 0 atom stereocenters. The van der Waals surface area contributed by atoms with Crippen molar-refractivity contribution >= 4 is 11.6 Å². The van der Waals surface area contributed by atoms with Gasteiger partial charge in [-0.2, -0.15) is 0 Å². The Morgan fingerprint density at radius 3 is 2.48 bits per heavy atom. The molecule has 0 unspecified atom stereocenters.